The lowest BCUT2D eigenvalue weighted by molar-refractivity contribution is -0.219. The number of aliphatic hydroxyl groups excluding tert-OH is 6. The molecule has 0 saturated heterocycles. The van der Waals surface area contributed by atoms with Gasteiger partial charge in [0.05, 0.1) is 55.1 Å². The Morgan fingerprint density at radius 1 is 0.652 bits per heavy atom. The minimum atomic E-state index is -4.20. The number of rotatable bonds is 15. The quantitative estimate of drug-likeness (QED) is 0.0808. The average Bonchev–Trinajstić information content (AvgIpc) is 3.80. The topological polar surface area (TPSA) is 243 Å². The Bertz CT molecular complexity index is 1860. The first-order chi connectivity index (χ1) is 31.0. The first kappa shape index (κ1) is 50.9. The fraction of sp³-hybridized carbons (Fsp3) is 0.961. The number of nitrogens with one attached hydrogen (secondary N) is 2. The predicted molar refractivity (Wildman–Crippen MR) is 248 cm³/mol. The maximum absolute atomic E-state index is 13.5. The molecule has 4 unspecified atom stereocenters. The van der Waals surface area contributed by atoms with Crippen molar-refractivity contribution in [1.82, 2.24) is 10.6 Å². The van der Waals surface area contributed by atoms with Crippen molar-refractivity contribution in [1.29, 1.82) is 0 Å². The van der Waals surface area contributed by atoms with Gasteiger partial charge in [0, 0.05) is 31.3 Å². The van der Waals surface area contributed by atoms with E-state index >= 15 is 0 Å². The van der Waals surface area contributed by atoms with Gasteiger partial charge in [-0.15, -0.1) is 0 Å². The van der Waals surface area contributed by atoms with E-state index in [0.717, 1.165) is 64.2 Å². The maximum atomic E-state index is 13.5. The summed E-state index contributed by atoms with van der Waals surface area (Å²) >= 11 is 0. The first-order valence-corrected chi connectivity index (χ1v) is 27.8. The molecule has 378 valence electrons. The van der Waals surface area contributed by atoms with Crippen LogP contribution in [0.3, 0.4) is 0 Å². The summed E-state index contributed by atoms with van der Waals surface area (Å²) in [5, 5.41) is 74.4. The zero-order valence-corrected chi connectivity index (χ0v) is 41.3. The minimum absolute atomic E-state index is 0.00665. The van der Waals surface area contributed by atoms with Gasteiger partial charge < -0.3 is 46.0 Å². The third-order valence-corrected chi connectivity index (χ3v) is 22.4. The largest absolute Gasteiger partial charge is 0.393 e. The summed E-state index contributed by atoms with van der Waals surface area (Å²) in [6.45, 7) is 11.8. The molecule has 2 amide bonds. The highest BCUT2D eigenvalue weighted by Gasteiger charge is 2.68. The molecule has 66 heavy (non-hydrogen) atoms. The van der Waals surface area contributed by atoms with Crippen LogP contribution in [-0.2, 0) is 24.4 Å². The molecule has 14 nitrogen and oxygen atoms in total. The average molecular weight is 951 g/mol. The standard InChI is InChI=1S/C51H86N2O12S/c1-28(33-7-9-35-46-37(26-42(58)50(33,35)4)48(2)16-14-31(54)22-29(48)24-40(46)57)6-12-44(60)52-18-20-65-41-25-30-23-32(55)15-17-49(30,3)38-27-43(59)51(5)34(8-10-36(51)47(38)41)39(56)11-13-45(61)53-19-21-66(62,63)64/h28-43,46-47,54-59H,6-27H2,1-5H3,(H,52,60)(H,53,61)(H,62,63,64)/t28?,29-,30-,31+,32+,33?,34?,35-,36-,37-,38-,39?,40+,41+,42-,43-,46-,47-,48-,49-,50+,51+/m0/s1. The Morgan fingerprint density at radius 3 is 1.77 bits per heavy atom. The number of amides is 2. The van der Waals surface area contributed by atoms with Gasteiger partial charge in [-0.2, -0.15) is 8.42 Å². The summed E-state index contributed by atoms with van der Waals surface area (Å²) in [4.78, 5) is 26.0. The smallest absolute Gasteiger partial charge is 0.266 e. The molecular weight excluding hydrogens is 865 g/mol. The van der Waals surface area contributed by atoms with Crippen LogP contribution in [0, 0.1) is 86.8 Å². The van der Waals surface area contributed by atoms with Crippen molar-refractivity contribution in [3.8, 4) is 0 Å². The molecule has 0 aliphatic heterocycles. The second-order valence-corrected chi connectivity index (χ2v) is 26.1. The molecule has 0 aromatic carbocycles. The Hall–Kier alpha value is -1.43. The highest BCUT2D eigenvalue weighted by atomic mass is 32.2. The number of aliphatic hydroxyl groups is 6. The monoisotopic (exact) mass is 951 g/mol. The van der Waals surface area contributed by atoms with Gasteiger partial charge in [-0.3, -0.25) is 14.1 Å². The molecular formula is C51H86N2O12S. The van der Waals surface area contributed by atoms with E-state index in [4.69, 9.17) is 9.29 Å². The van der Waals surface area contributed by atoms with Gasteiger partial charge in [-0.05, 0) is 184 Å². The molecule has 0 bridgehead atoms. The fourth-order valence-corrected chi connectivity index (χ4v) is 18.4. The van der Waals surface area contributed by atoms with E-state index in [1.165, 1.54) is 0 Å². The molecule has 0 radical (unpaired) electrons. The molecule has 8 rings (SSSR count). The van der Waals surface area contributed by atoms with Crippen LogP contribution in [0.1, 0.15) is 150 Å². The third-order valence-electron chi connectivity index (χ3n) is 21.7. The van der Waals surface area contributed by atoms with Crippen LogP contribution in [0.5, 0.6) is 0 Å². The summed E-state index contributed by atoms with van der Waals surface area (Å²) < 4.78 is 38.0. The van der Waals surface area contributed by atoms with E-state index in [1.54, 1.807) is 0 Å². The highest BCUT2D eigenvalue weighted by molar-refractivity contribution is 7.85. The van der Waals surface area contributed by atoms with E-state index < -0.39 is 51.6 Å². The van der Waals surface area contributed by atoms with Gasteiger partial charge in [-0.1, -0.05) is 34.6 Å². The Kier molecular flexibility index (Phi) is 14.9. The van der Waals surface area contributed by atoms with Crippen LogP contribution >= 0.6 is 0 Å². The van der Waals surface area contributed by atoms with Crippen molar-refractivity contribution in [2.45, 2.75) is 193 Å². The highest BCUT2D eigenvalue weighted by Crippen LogP contribution is 2.70. The van der Waals surface area contributed by atoms with E-state index in [2.05, 4.69) is 45.3 Å². The molecule has 22 atom stereocenters. The first-order valence-electron chi connectivity index (χ1n) is 26.2. The number of carbonyl (C=O) groups is 2. The maximum Gasteiger partial charge on any atom is 0.266 e. The summed E-state index contributed by atoms with van der Waals surface area (Å²) in [5.41, 5.74) is -0.979. The van der Waals surface area contributed by atoms with Gasteiger partial charge in [0.1, 0.15) is 0 Å². The van der Waals surface area contributed by atoms with Crippen LogP contribution in [0.4, 0.5) is 0 Å². The van der Waals surface area contributed by atoms with Gasteiger partial charge in [-0.25, -0.2) is 0 Å². The molecule has 0 aromatic heterocycles. The molecule has 8 aliphatic carbocycles. The number of hydrogen-bond acceptors (Lipinski definition) is 11. The molecule has 0 aromatic rings. The number of fused-ring (bicyclic) bond motifs is 10. The van der Waals surface area contributed by atoms with Gasteiger partial charge in [0.15, 0.2) is 0 Å². The zero-order chi connectivity index (χ0) is 47.7. The second kappa shape index (κ2) is 19.3. The number of ether oxygens (including phenoxy) is 1. The normalized spacial score (nSPS) is 48.4. The molecule has 15 heteroatoms. The van der Waals surface area contributed by atoms with E-state index in [-0.39, 0.29) is 125 Å². The lowest BCUT2D eigenvalue weighted by Gasteiger charge is -2.64. The SMILES string of the molecule is CC(CCC(=O)NCCO[C@@H]1C[C@@H]2C[C@H](O)CC[C@]2(C)[C@H]2C[C@H](O)[C@]3(C)C(C(O)CCC(=O)NCCS(=O)(=O)O)CC[C@H]3[C@H]12)C1CC[C@H]2[C@@H]3[C@H](O)C[C@@H]4C[C@H](O)CC[C@]4(C)[C@H]3C[C@H](O)[C@]12C. The Labute approximate surface area is 394 Å². The fourth-order valence-electron chi connectivity index (χ4n) is 18.1. The molecule has 8 saturated carbocycles. The summed E-state index contributed by atoms with van der Waals surface area (Å²) in [5.74, 6) is 0.716. The van der Waals surface area contributed by atoms with Crippen LogP contribution in [0.25, 0.3) is 0 Å². The Morgan fingerprint density at radius 2 is 1.17 bits per heavy atom. The summed E-state index contributed by atoms with van der Waals surface area (Å²) in [6.07, 6.45) is 9.10. The van der Waals surface area contributed by atoms with Gasteiger partial charge >= 0.3 is 0 Å². The van der Waals surface area contributed by atoms with E-state index in [9.17, 15) is 48.6 Å². The molecule has 0 heterocycles. The van der Waals surface area contributed by atoms with Crippen molar-refractivity contribution < 1.29 is 57.9 Å². The molecule has 9 N–H and O–H groups in total. The summed E-state index contributed by atoms with van der Waals surface area (Å²) in [7, 11) is -4.20. The van der Waals surface area contributed by atoms with Gasteiger partial charge in [0.2, 0.25) is 11.8 Å². The van der Waals surface area contributed by atoms with Gasteiger partial charge in [0.25, 0.3) is 10.1 Å². The second-order valence-electron chi connectivity index (χ2n) is 24.5. The van der Waals surface area contributed by atoms with Crippen molar-refractivity contribution in [2.24, 2.45) is 86.8 Å². The van der Waals surface area contributed by atoms with Crippen molar-refractivity contribution in [2.75, 3.05) is 25.4 Å². The zero-order valence-electron chi connectivity index (χ0n) is 40.5. The molecule has 8 aliphatic rings. The van der Waals surface area contributed by atoms with E-state index in [1.807, 2.05) is 0 Å². The molecule has 0 spiro atoms. The lowest BCUT2D eigenvalue weighted by Crippen LogP contribution is -2.63. The minimum Gasteiger partial charge on any atom is -0.393 e. The van der Waals surface area contributed by atoms with Crippen LogP contribution in [0.15, 0.2) is 0 Å². The lowest BCUT2D eigenvalue weighted by atomic mass is 9.43. The molecule has 8 fully saturated rings. The number of carbonyl (C=O) groups excluding carboxylic acids is 2. The van der Waals surface area contributed by atoms with Crippen LogP contribution in [-0.4, -0.2) is 124 Å². The predicted octanol–water partition coefficient (Wildman–Crippen LogP) is 4.61. The van der Waals surface area contributed by atoms with Crippen LogP contribution < -0.4 is 10.6 Å². The van der Waals surface area contributed by atoms with Crippen molar-refractivity contribution >= 4 is 21.9 Å². The Balaban J connectivity index is 0.862. The number of hydrogen-bond donors (Lipinski definition) is 9. The third kappa shape index (κ3) is 9.20. The van der Waals surface area contributed by atoms with Crippen molar-refractivity contribution in [3.05, 3.63) is 0 Å². The summed E-state index contributed by atoms with van der Waals surface area (Å²) in [6, 6.07) is 0. The van der Waals surface area contributed by atoms with E-state index in [0.29, 0.717) is 51.7 Å². The van der Waals surface area contributed by atoms with Crippen molar-refractivity contribution in [3.63, 3.8) is 0 Å². The van der Waals surface area contributed by atoms with Crippen LogP contribution in [0.2, 0.25) is 0 Å².